The highest BCUT2D eigenvalue weighted by atomic mass is 32.2. The second kappa shape index (κ2) is 4.47. The average molecular weight is 121 g/mol. The van der Waals surface area contributed by atoms with Gasteiger partial charge in [-0.3, -0.25) is 0 Å². The highest BCUT2D eigenvalue weighted by Crippen LogP contribution is 2.12. The van der Waals surface area contributed by atoms with E-state index in [0.717, 1.165) is 12.8 Å². The summed E-state index contributed by atoms with van der Waals surface area (Å²) < 4.78 is 10.6. The third-order valence-electron chi connectivity index (χ3n) is 1.05. The average Bonchev–Trinajstić information content (AvgIpc) is 1.83. The molecule has 44 valence electrons. The van der Waals surface area contributed by atoms with Crippen LogP contribution < -0.4 is 0 Å². The number of hydrogen-bond acceptors (Lipinski definition) is 2. The molecule has 0 heterocycles. The molecule has 0 radical (unpaired) electrons. The van der Waals surface area contributed by atoms with Crippen LogP contribution in [0, 0.1) is 0 Å². The van der Waals surface area contributed by atoms with E-state index in [1.807, 2.05) is 0 Å². The summed E-state index contributed by atoms with van der Waals surface area (Å²) in [5, 5.41) is 0.507. The second-order valence-corrected chi connectivity index (χ2v) is 2.39. The topological polar surface area (TPSA) is 20.2 Å². The van der Waals surface area contributed by atoms with Gasteiger partial charge in [-0.2, -0.15) is 0 Å². The summed E-state index contributed by atoms with van der Waals surface area (Å²) in [6.07, 6.45) is 2.17. The Morgan fingerprint density at radius 3 is 2.43 bits per heavy atom. The van der Waals surface area contributed by atoms with Crippen molar-refractivity contribution in [1.82, 2.24) is 0 Å². The van der Waals surface area contributed by atoms with Crippen LogP contribution in [0.3, 0.4) is 0 Å². The van der Waals surface area contributed by atoms with Gasteiger partial charge in [-0.1, -0.05) is 13.8 Å². The van der Waals surface area contributed by atoms with Gasteiger partial charge >= 0.3 is 0 Å². The Morgan fingerprint density at radius 1 is 1.71 bits per heavy atom. The minimum Gasteiger partial charge on any atom is -0.330 e. The van der Waals surface area contributed by atoms with E-state index in [0.29, 0.717) is 5.25 Å². The maximum absolute atomic E-state index is 6.40. The molecule has 0 saturated heterocycles. The fourth-order valence-electron chi connectivity index (χ4n) is 0.425. The smallest absolute Gasteiger partial charge is 0.228 e. The Labute approximate surface area is 50.8 Å². The summed E-state index contributed by atoms with van der Waals surface area (Å²) in [5.41, 5.74) is 0. The maximum atomic E-state index is 6.40. The molecule has 0 fully saturated rings. The van der Waals surface area contributed by atoms with Gasteiger partial charge in [0.2, 0.25) is 1.43 Å². The fraction of sp³-hybridized carbons (Fsp3) is 1.00. The van der Waals surface area contributed by atoms with Crippen molar-refractivity contribution in [1.29, 1.82) is 1.43 Å². The molecule has 1 nitrogen and oxygen atoms in total. The van der Waals surface area contributed by atoms with Crippen LogP contribution in [0.2, 0.25) is 0 Å². The summed E-state index contributed by atoms with van der Waals surface area (Å²) in [6, 6.07) is 0. The number of rotatable bonds is 4. The lowest BCUT2D eigenvalue weighted by atomic mass is 10.3. The van der Waals surface area contributed by atoms with Gasteiger partial charge in [0, 0.05) is 5.25 Å². The Bertz CT molecular complexity index is 47.7. The highest BCUT2D eigenvalue weighted by molar-refractivity contribution is 7.94. The molecule has 0 atom stereocenters. The second-order valence-electron chi connectivity index (χ2n) is 1.53. The highest BCUT2D eigenvalue weighted by Gasteiger charge is 1.98. The Hall–Kier alpha value is 0.310. The van der Waals surface area contributed by atoms with Crippen molar-refractivity contribution in [2.75, 3.05) is 0 Å². The van der Waals surface area contributed by atoms with Gasteiger partial charge in [0.1, 0.15) is 0 Å². The van der Waals surface area contributed by atoms with Crippen LogP contribution in [-0.4, -0.2) is 9.80 Å². The molecule has 0 spiro atoms. The molecular formula is C5H12OS. The third kappa shape index (κ3) is 2.94. The van der Waals surface area contributed by atoms with Crippen molar-refractivity contribution in [2.45, 2.75) is 31.9 Å². The first-order valence-electron chi connectivity index (χ1n) is 3.04. The molecule has 0 aliphatic rings. The van der Waals surface area contributed by atoms with Crippen LogP contribution >= 0.6 is 12.0 Å². The molecule has 0 aromatic rings. The summed E-state index contributed by atoms with van der Waals surface area (Å²) in [4.78, 5) is 0. The van der Waals surface area contributed by atoms with Crippen molar-refractivity contribution in [3.05, 3.63) is 0 Å². The minimum atomic E-state index is 0.507. The van der Waals surface area contributed by atoms with E-state index < -0.39 is 0 Å². The van der Waals surface area contributed by atoms with Gasteiger partial charge < -0.3 is 4.56 Å². The van der Waals surface area contributed by atoms with Crippen LogP contribution in [0.1, 0.15) is 26.7 Å². The summed E-state index contributed by atoms with van der Waals surface area (Å²) >= 11 is 1.24. The molecule has 0 aliphatic heterocycles. The predicted octanol–water partition coefficient (Wildman–Crippen LogP) is 2.38. The van der Waals surface area contributed by atoms with Crippen molar-refractivity contribution >= 4 is 12.0 Å². The lowest BCUT2D eigenvalue weighted by molar-refractivity contribution is 0.635. The van der Waals surface area contributed by atoms with Gasteiger partial charge in [0.15, 0.2) is 0 Å². The van der Waals surface area contributed by atoms with E-state index in [1.54, 1.807) is 0 Å². The molecule has 0 aromatic heterocycles. The number of hydrogen-bond donors (Lipinski definition) is 1. The van der Waals surface area contributed by atoms with Crippen molar-refractivity contribution < 1.29 is 4.56 Å². The van der Waals surface area contributed by atoms with Gasteiger partial charge in [-0.05, 0) is 24.9 Å². The van der Waals surface area contributed by atoms with Crippen LogP contribution in [0.5, 0.6) is 0 Å². The molecule has 0 aromatic carbocycles. The van der Waals surface area contributed by atoms with Gasteiger partial charge in [-0.15, -0.1) is 0 Å². The molecular weight excluding hydrogens is 108 g/mol. The quantitative estimate of drug-likeness (QED) is 0.576. The van der Waals surface area contributed by atoms with E-state index in [1.165, 1.54) is 12.0 Å². The lowest BCUT2D eigenvalue weighted by Crippen LogP contribution is -1.95. The van der Waals surface area contributed by atoms with Crippen molar-refractivity contribution in [3.63, 3.8) is 0 Å². The molecule has 2 heteroatoms. The van der Waals surface area contributed by atoms with Gasteiger partial charge in [0.05, 0.1) is 0 Å². The maximum Gasteiger partial charge on any atom is 0.228 e. The van der Waals surface area contributed by atoms with Crippen molar-refractivity contribution in [2.24, 2.45) is 0 Å². The molecule has 7 heavy (non-hydrogen) atoms. The van der Waals surface area contributed by atoms with Crippen molar-refractivity contribution in [3.8, 4) is 0 Å². The normalized spacial score (nSPS) is 12.1. The fourth-order valence-corrected chi connectivity index (χ4v) is 0.697. The monoisotopic (exact) mass is 121 g/mol. The SMILES string of the molecule is [2H]OSC(CC)CC. The van der Waals surface area contributed by atoms with E-state index in [4.69, 9.17) is 1.43 Å². The Kier molecular flexibility index (Phi) is 3.48. The summed E-state index contributed by atoms with van der Waals surface area (Å²) in [5.74, 6) is 0. The molecule has 0 aliphatic carbocycles. The molecule has 0 rings (SSSR count). The first kappa shape index (κ1) is 5.45. The van der Waals surface area contributed by atoms with Crippen LogP contribution in [-0.2, 0) is 0 Å². The van der Waals surface area contributed by atoms with Gasteiger partial charge in [0.25, 0.3) is 0 Å². The lowest BCUT2D eigenvalue weighted by Gasteiger charge is -2.03. The minimum absolute atomic E-state index is 0.507. The first-order valence-corrected chi connectivity index (χ1v) is 3.44. The first-order chi connectivity index (χ1) is 3.85. The van der Waals surface area contributed by atoms with Crippen LogP contribution in [0.4, 0.5) is 0 Å². The van der Waals surface area contributed by atoms with E-state index in [9.17, 15) is 0 Å². The van der Waals surface area contributed by atoms with Crippen LogP contribution in [0.15, 0.2) is 0 Å². The third-order valence-corrected chi connectivity index (χ3v) is 1.99. The summed E-state index contributed by atoms with van der Waals surface area (Å²) in [6.45, 7) is 4.19. The standard InChI is InChI=1S/C5H12OS/c1-3-5(4-2)7-6/h5-6H,3-4H2,1-2H3/i/hD. The van der Waals surface area contributed by atoms with E-state index in [2.05, 4.69) is 18.4 Å². The molecule has 0 saturated carbocycles. The van der Waals surface area contributed by atoms with Gasteiger partial charge in [-0.25, -0.2) is 0 Å². The van der Waals surface area contributed by atoms with E-state index in [-0.39, 0.29) is 0 Å². The zero-order chi connectivity index (χ0) is 6.41. The molecule has 1 N–H and O–H groups in total. The molecule has 0 bridgehead atoms. The predicted molar refractivity (Wildman–Crippen MR) is 34.6 cm³/mol. The largest absolute Gasteiger partial charge is 0.330 e. The van der Waals surface area contributed by atoms with E-state index >= 15 is 0 Å². The zero-order valence-electron chi connectivity index (χ0n) is 5.81. The summed E-state index contributed by atoms with van der Waals surface area (Å²) in [7, 11) is 0. The van der Waals surface area contributed by atoms with Crippen LogP contribution in [0.25, 0.3) is 1.43 Å². The molecule has 0 amide bonds. The zero-order valence-corrected chi connectivity index (χ0v) is 5.62. The Balaban J connectivity index is 3.07. The Morgan fingerprint density at radius 2 is 2.29 bits per heavy atom. The molecule has 0 unspecified atom stereocenters.